The largest absolute Gasteiger partial charge is 0.490 e. The summed E-state index contributed by atoms with van der Waals surface area (Å²) in [5.41, 5.74) is 4.61. The maximum absolute atomic E-state index is 12.7. The number of benzene rings is 2. The van der Waals surface area contributed by atoms with E-state index in [9.17, 15) is 4.79 Å². The molecule has 0 radical (unpaired) electrons. The highest BCUT2D eigenvalue weighted by Gasteiger charge is 2.23. The number of nitrogens with one attached hydrogen (secondary N) is 1. The number of carbonyl (C=O) groups excluding carboxylic acids is 1. The Morgan fingerprint density at radius 1 is 0.964 bits per heavy atom. The fourth-order valence-corrected chi connectivity index (χ4v) is 3.67. The van der Waals surface area contributed by atoms with Crippen molar-refractivity contribution in [3.63, 3.8) is 0 Å². The van der Waals surface area contributed by atoms with Gasteiger partial charge in [0.25, 0.3) is 0 Å². The van der Waals surface area contributed by atoms with Gasteiger partial charge in [0.05, 0.1) is 13.2 Å². The first-order chi connectivity index (χ1) is 13.6. The second kappa shape index (κ2) is 8.00. The first-order valence-electron chi connectivity index (χ1n) is 9.88. The van der Waals surface area contributed by atoms with Crippen molar-refractivity contribution in [3.8, 4) is 11.5 Å². The molecule has 0 bridgehead atoms. The summed E-state index contributed by atoms with van der Waals surface area (Å²) in [6, 6.07) is 11.9. The van der Waals surface area contributed by atoms with Gasteiger partial charge in [0.2, 0.25) is 0 Å². The molecule has 6 nitrogen and oxygen atoms in total. The second-order valence-corrected chi connectivity index (χ2v) is 7.34. The number of fused-ring (bicyclic) bond motifs is 1. The van der Waals surface area contributed by atoms with Crippen LogP contribution in [-0.4, -0.2) is 50.3 Å². The van der Waals surface area contributed by atoms with Crippen molar-refractivity contribution < 1.29 is 14.3 Å². The quantitative estimate of drug-likeness (QED) is 0.859. The summed E-state index contributed by atoms with van der Waals surface area (Å²) in [4.78, 5) is 16.9. The van der Waals surface area contributed by atoms with Crippen molar-refractivity contribution in [2.45, 2.75) is 20.3 Å². The Morgan fingerprint density at radius 3 is 2.50 bits per heavy atom. The van der Waals surface area contributed by atoms with E-state index in [0.717, 1.165) is 30.9 Å². The van der Waals surface area contributed by atoms with E-state index in [4.69, 9.17) is 9.47 Å². The van der Waals surface area contributed by atoms with E-state index in [0.29, 0.717) is 32.1 Å². The van der Waals surface area contributed by atoms with E-state index >= 15 is 0 Å². The minimum atomic E-state index is -0.0740. The van der Waals surface area contributed by atoms with Crippen LogP contribution in [0.3, 0.4) is 0 Å². The Labute approximate surface area is 166 Å². The van der Waals surface area contributed by atoms with Crippen LogP contribution in [0.2, 0.25) is 0 Å². The van der Waals surface area contributed by atoms with Gasteiger partial charge in [-0.2, -0.15) is 0 Å². The van der Waals surface area contributed by atoms with Gasteiger partial charge in [-0.05, 0) is 43.2 Å². The number of nitrogens with zero attached hydrogens (tertiary/aromatic N) is 2. The second-order valence-electron chi connectivity index (χ2n) is 7.34. The van der Waals surface area contributed by atoms with Gasteiger partial charge in [-0.1, -0.05) is 12.1 Å². The third-order valence-corrected chi connectivity index (χ3v) is 5.48. The molecular formula is C22H27N3O3. The lowest BCUT2D eigenvalue weighted by molar-refractivity contribution is 0.208. The van der Waals surface area contributed by atoms with Gasteiger partial charge < -0.3 is 24.6 Å². The van der Waals surface area contributed by atoms with E-state index < -0.39 is 0 Å². The number of urea groups is 1. The predicted molar refractivity (Wildman–Crippen MR) is 111 cm³/mol. The number of hydrogen-bond acceptors (Lipinski definition) is 4. The lowest BCUT2D eigenvalue weighted by Gasteiger charge is -2.37. The van der Waals surface area contributed by atoms with Gasteiger partial charge in [0.1, 0.15) is 0 Å². The smallest absolute Gasteiger partial charge is 0.321 e. The summed E-state index contributed by atoms with van der Waals surface area (Å²) in [5.74, 6) is 1.42. The van der Waals surface area contributed by atoms with Crippen LogP contribution in [0, 0.1) is 13.8 Å². The molecule has 1 N–H and O–H groups in total. The molecule has 2 aromatic rings. The van der Waals surface area contributed by atoms with Crippen molar-refractivity contribution in [2.24, 2.45) is 0 Å². The fraction of sp³-hybridized carbons (Fsp3) is 0.409. The predicted octanol–water partition coefficient (Wildman–Crippen LogP) is 3.82. The summed E-state index contributed by atoms with van der Waals surface area (Å²) in [6.07, 6.45) is 0.862. The van der Waals surface area contributed by atoms with E-state index in [1.807, 2.05) is 23.1 Å². The van der Waals surface area contributed by atoms with Crippen LogP contribution in [0.15, 0.2) is 36.4 Å². The van der Waals surface area contributed by atoms with Crippen molar-refractivity contribution >= 4 is 17.4 Å². The standard InChI is InChI=1S/C22H27N3O3/c1-16-5-3-6-19(17(16)2)24-9-11-25(12-10-24)22(26)23-18-7-8-20-21(15-18)28-14-4-13-27-20/h3,5-8,15H,4,9-14H2,1-2H3,(H,23,26). The number of ether oxygens (including phenoxy) is 2. The van der Waals surface area contributed by atoms with E-state index in [1.54, 1.807) is 0 Å². The Bertz CT molecular complexity index is 860. The molecule has 1 saturated heterocycles. The molecule has 0 atom stereocenters. The Balaban J connectivity index is 1.37. The first-order valence-corrected chi connectivity index (χ1v) is 9.88. The Hall–Kier alpha value is -2.89. The molecule has 2 aliphatic heterocycles. The lowest BCUT2D eigenvalue weighted by atomic mass is 10.1. The van der Waals surface area contributed by atoms with Gasteiger partial charge in [0.15, 0.2) is 11.5 Å². The fourth-order valence-electron chi connectivity index (χ4n) is 3.67. The molecule has 0 saturated carbocycles. The van der Waals surface area contributed by atoms with Gasteiger partial charge >= 0.3 is 6.03 Å². The van der Waals surface area contributed by atoms with Crippen LogP contribution in [0.25, 0.3) is 0 Å². The molecule has 2 amide bonds. The van der Waals surface area contributed by atoms with Crippen molar-refractivity contribution in [2.75, 3.05) is 49.6 Å². The maximum atomic E-state index is 12.7. The van der Waals surface area contributed by atoms with Gasteiger partial charge in [-0.25, -0.2) is 4.79 Å². The molecule has 1 fully saturated rings. The number of rotatable bonds is 2. The minimum absolute atomic E-state index is 0.0740. The molecule has 28 heavy (non-hydrogen) atoms. The molecule has 0 aromatic heterocycles. The lowest BCUT2D eigenvalue weighted by Crippen LogP contribution is -2.50. The van der Waals surface area contributed by atoms with Crippen LogP contribution in [-0.2, 0) is 0 Å². The molecular weight excluding hydrogens is 354 g/mol. The molecule has 0 unspecified atom stereocenters. The maximum Gasteiger partial charge on any atom is 0.321 e. The summed E-state index contributed by atoms with van der Waals surface area (Å²) in [5, 5.41) is 2.99. The van der Waals surface area contributed by atoms with E-state index in [2.05, 4.69) is 42.3 Å². The van der Waals surface area contributed by atoms with E-state index in [-0.39, 0.29) is 6.03 Å². The van der Waals surface area contributed by atoms with Crippen LogP contribution < -0.4 is 19.7 Å². The van der Waals surface area contributed by atoms with E-state index in [1.165, 1.54) is 16.8 Å². The zero-order valence-corrected chi connectivity index (χ0v) is 16.5. The van der Waals surface area contributed by atoms with Crippen LogP contribution in [0.4, 0.5) is 16.2 Å². The third kappa shape index (κ3) is 3.86. The number of hydrogen-bond donors (Lipinski definition) is 1. The molecule has 0 aliphatic carbocycles. The minimum Gasteiger partial charge on any atom is -0.490 e. The molecule has 6 heteroatoms. The monoisotopic (exact) mass is 381 g/mol. The first kappa shape index (κ1) is 18.5. The van der Waals surface area contributed by atoms with Gasteiger partial charge in [-0.3, -0.25) is 0 Å². The molecule has 2 aromatic carbocycles. The van der Waals surface area contributed by atoms with Crippen molar-refractivity contribution in [1.29, 1.82) is 0 Å². The number of piperazine rings is 1. The van der Waals surface area contributed by atoms with Gasteiger partial charge in [-0.15, -0.1) is 0 Å². The Morgan fingerprint density at radius 2 is 1.71 bits per heavy atom. The Kier molecular flexibility index (Phi) is 5.28. The van der Waals surface area contributed by atoms with Crippen LogP contribution in [0.1, 0.15) is 17.5 Å². The number of amides is 2. The molecule has 148 valence electrons. The zero-order valence-electron chi connectivity index (χ0n) is 16.5. The summed E-state index contributed by atoms with van der Waals surface area (Å²) in [6.45, 7) is 8.64. The number of aryl methyl sites for hydroxylation is 1. The molecule has 2 aliphatic rings. The number of carbonyl (C=O) groups is 1. The summed E-state index contributed by atoms with van der Waals surface area (Å²) in [7, 11) is 0. The van der Waals surface area contributed by atoms with Crippen molar-refractivity contribution in [3.05, 3.63) is 47.5 Å². The SMILES string of the molecule is Cc1cccc(N2CCN(C(=O)Nc3ccc4c(c3)OCCCO4)CC2)c1C. The molecule has 0 spiro atoms. The average Bonchev–Trinajstić information content (AvgIpc) is 2.95. The molecule has 2 heterocycles. The highest BCUT2D eigenvalue weighted by atomic mass is 16.5. The van der Waals surface area contributed by atoms with Crippen LogP contribution in [0.5, 0.6) is 11.5 Å². The normalized spacial score (nSPS) is 16.5. The highest BCUT2D eigenvalue weighted by molar-refractivity contribution is 5.90. The topological polar surface area (TPSA) is 54.0 Å². The van der Waals surface area contributed by atoms with Crippen molar-refractivity contribution in [1.82, 2.24) is 4.90 Å². The zero-order chi connectivity index (χ0) is 19.5. The van der Waals surface area contributed by atoms with Crippen LogP contribution >= 0.6 is 0 Å². The molecule has 4 rings (SSSR count). The number of anilines is 2. The van der Waals surface area contributed by atoms with Gasteiger partial charge in [0, 0.05) is 50.0 Å². The average molecular weight is 381 g/mol. The summed E-state index contributed by atoms with van der Waals surface area (Å²) >= 11 is 0. The third-order valence-electron chi connectivity index (χ3n) is 5.48. The highest BCUT2D eigenvalue weighted by Crippen LogP contribution is 2.32. The summed E-state index contributed by atoms with van der Waals surface area (Å²) < 4.78 is 11.3.